The summed E-state index contributed by atoms with van der Waals surface area (Å²) in [4.78, 5) is 9.67. The molecule has 0 aromatic carbocycles. The topological polar surface area (TPSA) is 31.9 Å². The monoisotopic (exact) mass is 257 g/mol. The maximum Gasteiger partial charge on any atom is 0.109 e. The quantitative estimate of drug-likeness (QED) is 0.680. The molecule has 0 N–H and O–H groups in total. The van der Waals surface area contributed by atoms with Gasteiger partial charge in [0, 0.05) is 57.6 Å². The zero-order valence-electron chi connectivity index (χ0n) is 11.1. The molecular weight excluding hydrogens is 238 g/mol. The maximum absolute atomic E-state index is 6.11. The van der Waals surface area contributed by atoms with Crippen LogP contribution in [0.5, 0.6) is 0 Å². The van der Waals surface area contributed by atoms with Crippen molar-refractivity contribution in [1.29, 1.82) is 0 Å². The Labute approximate surface area is 113 Å². The lowest BCUT2D eigenvalue weighted by Crippen LogP contribution is -2.68. The first-order valence-corrected chi connectivity index (χ1v) is 7.32. The van der Waals surface area contributed by atoms with Crippen molar-refractivity contribution in [2.24, 2.45) is 5.92 Å². The molecule has 3 atom stereocenters. The normalized spacial score (nSPS) is 50.4. The molecule has 5 saturated heterocycles. The van der Waals surface area contributed by atoms with Crippen LogP contribution in [0.2, 0.25) is 0 Å². The Hall–Kier alpha value is -0.970. The minimum Gasteiger partial charge on any atom is -0.368 e. The van der Waals surface area contributed by atoms with E-state index in [9.17, 15) is 0 Å². The second-order valence-corrected chi connectivity index (χ2v) is 6.67. The molecule has 0 aliphatic carbocycles. The summed E-state index contributed by atoms with van der Waals surface area (Å²) in [6.45, 7) is 8.12. The molecule has 0 radical (unpaired) electrons. The minimum absolute atomic E-state index is 0.118. The van der Waals surface area contributed by atoms with Crippen LogP contribution in [0.4, 0.5) is 0 Å². The van der Waals surface area contributed by atoms with E-state index in [0.29, 0.717) is 5.92 Å². The molecular formula is C15H19N3O. The van der Waals surface area contributed by atoms with Crippen molar-refractivity contribution in [3.8, 4) is 0 Å². The zero-order valence-corrected chi connectivity index (χ0v) is 11.1. The van der Waals surface area contributed by atoms with Crippen LogP contribution >= 0.6 is 0 Å². The number of fused-ring (bicyclic) bond motifs is 1. The molecule has 3 unspecified atom stereocenters. The molecule has 5 aliphatic rings. The van der Waals surface area contributed by atoms with Crippen LogP contribution < -0.4 is 0 Å². The molecule has 100 valence electrons. The Morgan fingerprint density at radius 1 is 1.21 bits per heavy atom. The summed E-state index contributed by atoms with van der Waals surface area (Å²) >= 11 is 0. The molecule has 4 heteroatoms. The maximum atomic E-state index is 6.11. The van der Waals surface area contributed by atoms with Gasteiger partial charge in [0.05, 0.1) is 12.0 Å². The highest BCUT2D eigenvalue weighted by Gasteiger charge is 2.71. The average molecular weight is 257 g/mol. The Morgan fingerprint density at radius 2 is 1.95 bits per heavy atom. The first kappa shape index (κ1) is 10.8. The molecule has 0 amide bonds. The highest BCUT2D eigenvalue weighted by atomic mass is 16.6. The van der Waals surface area contributed by atoms with Crippen LogP contribution in [0.25, 0.3) is 0 Å². The van der Waals surface area contributed by atoms with Crippen LogP contribution in [0, 0.1) is 5.92 Å². The Balaban J connectivity index is 1.71. The van der Waals surface area contributed by atoms with Gasteiger partial charge in [-0.1, -0.05) is 6.07 Å². The fourth-order valence-electron chi connectivity index (χ4n) is 4.86. The molecule has 0 saturated carbocycles. The molecule has 19 heavy (non-hydrogen) atoms. The van der Waals surface area contributed by atoms with E-state index in [1.165, 1.54) is 31.7 Å². The number of ether oxygens (including phenoxy) is 1. The van der Waals surface area contributed by atoms with Crippen molar-refractivity contribution in [2.45, 2.75) is 11.0 Å². The van der Waals surface area contributed by atoms with Crippen LogP contribution in [0.1, 0.15) is 5.56 Å². The molecule has 1 spiro atoms. The van der Waals surface area contributed by atoms with E-state index in [1.54, 1.807) is 0 Å². The highest BCUT2D eigenvalue weighted by Crippen LogP contribution is 2.58. The molecule has 6 rings (SSSR count). The number of hydrogen-bond donors (Lipinski definition) is 0. The molecule has 4 bridgehead atoms. The van der Waals surface area contributed by atoms with Gasteiger partial charge in [-0.2, -0.15) is 0 Å². The third kappa shape index (κ3) is 1.23. The minimum atomic E-state index is 0.118. The summed E-state index contributed by atoms with van der Waals surface area (Å²) in [5, 5.41) is 0. The fourth-order valence-corrected chi connectivity index (χ4v) is 4.86. The number of epoxide rings is 1. The summed E-state index contributed by atoms with van der Waals surface area (Å²) in [5.41, 5.74) is 1.65. The molecule has 6 heterocycles. The van der Waals surface area contributed by atoms with Gasteiger partial charge in [0.25, 0.3) is 0 Å². The largest absolute Gasteiger partial charge is 0.368 e. The van der Waals surface area contributed by atoms with Crippen molar-refractivity contribution in [3.05, 3.63) is 30.1 Å². The van der Waals surface area contributed by atoms with Crippen molar-refractivity contribution in [1.82, 2.24) is 14.8 Å². The van der Waals surface area contributed by atoms with E-state index in [-0.39, 0.29) is 11.0 Å². The summed E-state index contributed by atoms with van der Waals surface area (Å²) in [7, 11) is 0. The standard InChI is InChI=1S/C15H19N3O/c1-2-12(6-16-3-1)14-9-17-4-5-18(10-14)8-13(7-17)15(14)11-19-15/h1-3,6,13H,4-5,7-11H2. The first-order valence-electron chi connectivity index (χ1n) is 7.32. The van der Waals surface area contributed by atoms with E-state index in [2.05, 4.69) is 33.1 Å². The van der Waals surface area contributed by atoms with E-state index >= 15 is 0 Å². The predicted octanol–water partition coefficient (Wildman–Crippen LogP) is 0.349. The number of aromatic nitrogens is 1. The van der Waals surface area contributed by atoms with E-state index < -0.39 is 0 Å². The van der Waals surface area contributed by atoms with E-state index in [0.717, 1.165) is 19.7 Å². The predicted molar refractivity (Wildman–Crippen MR) is 71.0 cm³/mol. The summed E-state index contributed by atoms with van der Waals surface area (Å²) in [6.07, 6.45) is 3.94. The van der Waals surface area contributed by atoms with Gasteiger partial charge in [-0.05, 0) is 11.6 Å². The van der Waals surface area contributed by atoms with Gasteiger partial charge >= 0.3 is 0 Å². The van der Waals surface area contributed by atoms with Gasteiger partial charge < -0.3 is 14.5 Å². The smallest absolute Gasteiger partial charge is 0.109 e. The van der Waals surface area contributed by atoms with Gasteiger partial charge in [0.1, 0.15) is 5.60 Å². The average Bonchev–Trinajstić information content (AvgIpc) is 3.21. The lowest BCUT2D eigenvalue weighted by atomic mass is 9.60. The van der Waals surface area contributed by atoms with Crippen molar-refractivity contribution in [3.63, 3.8) is 0 Å². The van der Waals surface area contributed by atoms with E-state index in [1.807, 2.05) is 6.20 Å². The summed E-state index contributed by atoms with van der Waals surface area (Å²) < 4.78 is 6.11. The van der Waals surface area contributed by atoms with Crippen molar-refractivity contribution in [2.75, 3.05) is 45.9 Å². The van der Waals surface area contributed by atoms with Gasteiger partial charge in [0.15, 0.2) is 0 Å². The lowest BCUT2D eigenvalue weighted by molar-refractivity contribution is -0.0311. The highest BCUT2D eigenvalue weighted by molar-refractivity contribution is 5.37. The van der Waals surface area contributed by atoms with Crippen LogP contribution in [0.15, 0.2) is 24.5 Å². The molecule has 4 nitrogen and oxygen atoms in total. The first-order chi connectivity index (χ1) is 9.32. The van der Waals surface area contributed by atoms with Crippen LogP contribution in [-0.2, 0) is 10.2 Å². The number of rotatable bonds is 1. The lowest BCUT2D eigenvalue weighted by Gasteiger charge is -2.54. The van der Waals surface area contributed by atoms with Gasteiger partial charge in [-0.3, -0.25) is 4.98 Å². The zero-order chi connectivity index (χ0) is 12.5. The van der Waals surface area contributed by atoms with Gasteiger partial charge in [-0.25, -0.2) is 0 Å². The Kier molecular flexibility index (Phi) is 1.91. The third-order valence-electron chi connectivity index (χ3n) is 5.82. The fraction of sp³-hybridized carbons (Fsp3) is 0.667. The van der Waals surface area contributed by atoms with Gasteiger partial charge in [-0.15, -0.1) is 0 Å². The summed E-state index contributed by atoms with van der Waals surface area (Å²) in [5.74, 6) is 0.678. The molecule has 1 aromatic rings. The summed E-state index contributed by atoms with van der Waals surface area (Å²) in [6, 6.07) is 4.33. The molecule has 5 fully saturated rings. The number of nitrogens with zero attached hydrogens (tertiary/aromatic N) is 3. The van der Waals surface area contributed by atoms with Crippen molar-refractivity contribution >= 4 is 0 Å². The molecule has 1 aromatic heterocycles. The number of hydrogen-bond acceptors (Lipinski definition) is 4. The third-order valence-corrected chi connectivity index (χ3v) is 5.82. The molecule has 5 aliphatic heterocycles. The SMILES string of the molecule is c1cncc(C23CN4CCN(CC(C4)C24CO4)C3)c1. The number of pyridine rings is 1. The van der Waals surface area contributed by atoms with Crippen molar-refractivity contribution < 1.29 is 4.74 Å². The van der Waals surface area contributed by atoms with E-state index in [4.69, 9.17) is 4.74 Å². The van der Waals surface area contributed by atoms with Crippen LogP contribution in [0.3, 0.4) is 0 Å². The Morgan fingerprint density at radius 3 is 2.53 bits per heavy atom. The van der Waals surface area contributed by atoms with Gasteiger partial charge in [0.2, 0.25) is 0 Å². The Bertz CT molecular complexity index is 497. The second-order valence-electron chi connectivity index (χ2n) is 6.67. The number of piperidine rings is 2. The van der Waals surface area contributed by atoms with Crippen LogP contribution in [-0.4, -0.2) is 66.3 Å². The second kappa shape index (κ2) is 3.37.